The zero-order valence-corrected chi connectivity index (χ0v) is 11.6. The molecule has 1 heterocycles. The summed E-state index contributed by atoms with van der Waals surface area (Å²) in [5.74, 6) is 0. The molecular weight excluding hydrogens is 244 g/mol. The second-order valence-corrected chi connectivity index (χ2v) is 5.09. The molecule has 0 aliphatic heterocycles. The standard InChI is InChI=1S/C18H18N2/c1-14-11-19-9-8-18(14)13-20-12-15-6-7-16-4-2-3-5-17(16)10-15/h2-11,20H,12-13H2,1H3. The molecule has 2 nitrogen and oxygen atoms in total. The van der Waals surface area contributed by atoms with E-state index in [0.717, 1.165) is 13.1 Å². The number of benzene rings is 2. The lowest BCUT2D eigenvalue weighted by molar-refractivity contribution is 0.690. The maximum Gasteiger partial charge on any atom is 0.0300 e. The highest BCUT2D eigenvalue weighted by Crippen LogP contribution is 2.15. The molecule has 2 heteroatoms. The van der Waals surface area contributed by atoms with E-state index in [4.69, 9.17) is 0 Å². The molecule has 0 amide bonds. The van der Waals surface area contributed by atoms with E-state index < -0.39 is 0 Å². The number of rotatable bonds is 4. The van der Waals surface area contributed by atoms with Crippen LogP contribution in [-0.4, -0.2) is 4.98 Å². The van der Waals surface area contributed by atoms with Crippen LogP contribution >= 0.6 is 0 Å². The zero-order chi connectivity index (χ0) is 13.8. The minimum Gasteiger partial charge on any atom is -0.309 e. The molecule has 3 rings (SSSR count). The maximum atomic E-state index is 4.12. The van der Waals surface area contributed by atoms with Gasteiger partial charge in [-0.1, -0.05) is 36.4 Å². The quantitative estimate of drug-likeness (QED) is 0.773. The minimum atomic E-state index is 0.876. The van der Waals surface area contributed by atoms with Crippen LogP contribution in [0.2, 0.25) is 0 Å². The van der Waals surface area contributed by atoms with Gasteiger partial charge in [0, 0.05) is 25.5 Å². The second kappa shape index (κ2) is 5.85. The molecule has 0 saturated heterocycles. The Balaban J connectivity index is 1.67. The zero-order valence-electron chi connectivity index (χ0n) is 11.6. The molecule has 0 unspecified atom stereocenters. The number of nitrogens with zero attached hydrogens (tertiary/aromatic N) is 1. The van der Waals surface area contributed by atoms with Crippen molar-refractivity contribution in [2.45, 2.75) is 20.0 Å². The molecule has 100 valence electrons. The van der Waals surface area contributed by atoms with Crippen molar-refractivity contribution in [2.75, 3.05) is 0 Å². The summed E-state index contributed by atoms with van der Waals surface area (Å²) >= 11 is 0. The Labute approximate surface area is 119 Å². The first-order valence-electron chi connectivity index (χ1n) is 6.91. The van der Waals surface area contributed by atoms with Gasteiger partial charge in [0.25, 0.3) is 0 Å². The minimum absolute atomic E-state index is 0.876. The van der Waals surface area contributed by atoms with Crippen LogP contribution in [0.1, 0.15) is 16.7 Å². The highest BCUT2D eigenvalue weighted by atomic mass is 14.8. The van der Waals surface area contributed by atoms with Crippen molar-refractivity contribution in [3.8, 4) is 0 Å². The van der Waals surface area contributed by atoms with Gasteiger partial charge in [-0.2, -0.15) is 0 Å². The van der Waals surface area contributed by atoms with Gasteiger partial charge in [-0.3, -0.25) is 4.98 Å². The summed E-state index contributed by atoms with van der Waals surface area (Å²) in [4.78, 5) is 4.12. The number of hydrogen-bond acceptors (Lipinski definition) is 2. The van der Waals surface area contributed by atoms with E-state index >= 15 is 0 Å². The lowest BCUT2D eigenvalue weighted by atomic mass is 10.1. The van der Waals surface area contributed by atoms with Gasteiger partial charge in [-0.25, -0.2) is 0 Å². The first-order valence-corrected chi connectivity index (χ1v) is 6.91. The number of nitrogens with one attached hydrogen (secondary N) is 1. The van der Waals surface area contributed by atoms with Crippen molar-refractivity contribution in [3.63, 3.8) is 0 Å². The average Bonchev–Trinajstić information content (AvgIpc) is 2.49. The van der Waals surface area contributed by atoms with E-state index in [0.29, 0.717) is 0 Å². The highest BCUT2D eigenvalue weighted by Gasteiger charge is 1.99. The van der Waals surface area contributed by atoms with Gasteiger partial charge >= 0.3 is 0 Å². The summed E-state index contributed by atoms with van der Waals surface area (Å²) in [6.45, 7) is 3.85. The Morgan fingerprint density at radius 2 is 1.80 bits per heavy atom. The predicted molar refractivity (Wildman–Crippen MR) is 83.5 cm³/mol. The lowest BCUT2D eigenvalue weighted by Crippen LogP contribution is -2.13. The largest absolute Gasteiger partial charge is 0.309 e. The Hall–Kier alpha value is -2.19. The van der Waals surface area contributed by atoms with Gasteiger partial charge in [-0.05, 0) is 46.5 Å². The van der Waals surface area contributed by atoms with Crippen molar-refractivity contribution < 1.29 is 0 Å². The molecule has 3 aromatic rings. The fourth-order valence-corrected chi connectivity index (χ4v) is 2.39. The molecule has 0 saturated carbocycles. The smallest absolute Gasteiger partial charge is 0.0300 e. The van der Waals surface area contributed by atoms with Crippen LogP contribution in [0.25, 0.3) is 10.8 Å². The van der Waals surface area contributed by atoms with E-state index in [1.54, 1.807) is 0 Å². The summed E-state index contributed by atoms with van der Waals surface area (Å²) < 4.78 is 0. The van der Waals surface area contributed by atoms with E-state index in [9.17, 15) is 0 Å². The van der Waals surface area contributed by atoms with Gasteiger partial charge in [0.2, 0.25) is 0 Å². The van der Waals surface area contributed by atoms with Crippen LogP contribution in [0.5, 0.6) is 0 Å². The van der Waals surface area contributed by atoms with Crippen LogP contribution in [0, 0.1) is 6.92 Å². The predicted octanol–water partition coefficient (Wildman–Crippen LogP) is 3.83. The van der Waals surface area contributed by atoms with Gasteiger partial charge in [0.15, 0.2) is 0 Å². The fourth-order valence-electron chi connectivity index (χ4n) is 2.39. The van der Waals surface area contributed by atoms with Gasteiger partial charge in [0.05, 0.1) is 0 Å². The molecular formula is C18H18N2. The van der Waals surface area contributed by atoms with Crippen molar-refractivity contribution in [2.24, 2.45) is 0 Å². The Bertz CT molecular complexity index is 719. The molecule has 20 heavy (non-hydrogen) atoms. The summed E-state index contributed by atoms with van der Waals surface area (Å²) in [6.07, 6.45) is 3.76. The van der Waals surface area contributed by atoms with Crippen molar-refractivity contribution >= 4 is 10.8 Å². The Kier molecular flexibility index (Phi) is 3.75. The third-order valence-corrected chi connectivity index (χ3v) is 3.59. The monoisotopic (exact) mass is 262 g/mol. The summed E-state index contributed by atoms with van der Waals surface area (Å²) in [7, 11) is 0. The molecule has 0 radical (unpaired) electrons. The molecule has 0 atom stereocenters. The van der Waals surface area contributed by atoms with Crippen molar-refractivity contribution in [1.29, 1.82) is 0 Å². The number of fused-ring (bicyclic) bond motifs is 1. The number of aromatic nitrogens is 1. The number of hydrogen-bond donors (Lipinski definition) is 1. The van der Waals surface area contributed by atoms with E-state index in [1.807, 2.05) is 12.4 Å². The normalized spacial score (nSPS) is 10.8. The van der Waals surface area contributed by atoms with Crippen molar-refractivity contribution in [1.82, 2.24) is 10.3 Å². The third-order valence-electron chi connectivity index (χ3n) is 3.59. The average molecular weight is 262 g/mol. The van der Waals surface area contributed by atoms with Crippen LogP contribution in [0.15, 0.2) is 60.9 Å². The lowest BCUT2D eigenvalue weighted by Gasteiger charge is -2.08. The molecule has 0 aliphatic carbocycles. The van der Waals surface area contributed by atoms with Gasteiger partial charge < -0.3 is 5.32 Å². The highest BCUT2D eigenvalue weighted by molar-refractivity contribution is 5.82. The van der Waals surface area contributed by atoms with E-state index in [2.05, 4.69) is 65.8 Å². The van der Waals surface area contributed by atoms with Gasteiger partial charge in [0.1, 0.15) is 0 Å². The molecule has 0 bridgehead atoms. The van der Waals surface area contributed by atoms with Crippen LogP contribution in [-0.2, 0) is 13.1 Å². The molecule has 2 aromatic carbocycles. The Morgan fingerprint density at radius 1 is 0.950 bits per heavy atom. The Morgan fingerprint density at radius 3 is 2.65 bits per heavy atom. The summed E-state index contributed by atoms with van der Waals surface area (Å²) in [6, 6.07) is 17.2. The van der Waals surface area contributed by atoms with Crippen LogP contribution < -0.4 is 5.32 Å². The molecule has 0 fully saturated rings. The third kappa shape index (κ3) is 2.86. The summed E-state index contributed by atoms with van der Waals surface area (Å²) in [5, 5.41) is 6.09. The molecule has 0 aliphatic rings. The first-order chi connectivity index (χ1) is 9.83. The first kappa shape index (κ1) is 12.8. The maximum absolute atomic E-state index is 4.12. The van der Waals surface area contributed by atoms with Crippen LogP contribution in [0.3, 0.4) is 0 Å². The molecule has 1 aromatic heterocycles. The topological polar surface area (TPSA) is 24.9 Å². The van der Waals surface area contributed by atoms with Crippen molar-refractivity contribution in [3.05, 3.63) is 77.6 Å². The SMILES string of the molecule is Cc1cnccc1CNCc1ccc2ccccc2c1. The second-order valence-electron chi connectivity index (χ2n) is 5.09. The summed E-state index contributed by atoms with van der Waals surface area (Å²) in [5.41, 5.74) is 3.86. The molecule has 1 N–H and O–H groups in total. The van der Waals surface area contributed by atoms with Crippen LogP contribution in [0.4, 0.5) is 0 Å². The van der Waals surface area contributed by atoms with Gasteiger partial charge in [-0.15, -0.1) is 0 Å². The number of aryl methyl sites for hydroxylation is 1. The fraction of sp³-hybridized carbons (Fsp3) is 0.167. The molecule has 0 spiro atoms. The number of pyridine rings is 1. The van der Waals surface area contributed by atoms with E-state index in [1.165, 1.54) is 27.5 Å². The van der Waals surface area contributed by atoms with E-state index in [-0.39, 0.29) is 0 Å².